The first kappa shape index (κ1) is 18.2. The van der Waals surface area contributed by atoms with E-state index in [9.17, 15) is 0 Å². The van der Waals surface area contributed by atoms with Crippen LogP contribution in [0.25, 0.3) is 0 Å². The summed E-state index contributed by atoms with van der Waals surface area (Å²) in [5, 5.41) is 6.20. The molecule has 0 atom stereocenters. The number of aromatic nitrogens is 3. The van der Waals surface area contributed by atoms with Crippen molar-refractivity contribution in [1.29, 1.82) is 0 Å². The van der Waals surface area contributed by atoms with E-state index in [0.717, 1.165) is 36.8 Å². The fourth-order valence-electron chi connectivity index (χ4n) is 2.89. The van der Waals surface area contributed by atoms with Gasteiger partial charge in [-0.3, -0.25) is 0 Å². The molecule has 0 saturated carbocycles. The monoisotopic (exact) mass is 358 g/mol. The lowest BCUT2D eigenvalue weighted by Gasteiger charge is -2.38. The summed E-state index contributed by atoms with van der Waals surface area (Å²) in [5.41, 5.74) is 1.62. The van der Waals surface area contributed by atoms with Crippen LogP contribution in [0.2, 0.25) is 0 Å². The maximum absolute atomic E-state index is 5.96. The second kappa shape index (κ2) is 8.18. The Kier molecular flexibility index (Phi) is 5.72. The molecule has 1 fully saturated rings. The SMILES string of the molecule is CCN1CC(COc2cc(Nc3nc(C)cc(NC)n3)cnc2OC)C1. The van der Waals surface area contributed by atoms with Gasteiger partial charge >= 0.3 is 0 Å². The van der Waals surface area contributed by atoms with Crippen molar-refractivity contribution in [3.63, 3.8) is 0 Å². The summed E-state index contributed by atoms with van der Waals surface area (Å²) in [5.74, 6) is 2.90. The summed E-state index contributed by atoms with van der Waals surface area (Å²) < 4.78 is 11.3. The maximum Gasteiger partial charge on any atom is 0.256 e. The molecule has 0 aromatic carbocycles. The van der Waals surface area contributed by atoms with Crippen LogP contribution >= 0.6 is 0 Å². The number of likely N-dealkylation sites (tertiary alicyclic amines) is 1. The highest BCUT2D eigenvalue weighted by molar-refractivity contribution is 5.58. The quantitative estimate of drug-likeness (QED) is 0.744. The molecule has 3 heterocycles. The minimum absolute atomic E-state index is 0.475. The van der Waals surface area contributed by atoms with Crippen LogP contribution in [0.3, 0.4) is 0 Å². The first-order chi connectivity index (χ1) is 12.6. The van der Waals surface area contributed by atoms with Crippen molar-refractivity contribution in [2.75, 3.05) is 51.0 Å². The molecule has 1 aliphatic rings. The minimum atomic E-state index is 0.475. The van der Waals surface area contributed by atoms with Gasteiger partial charge in [0, 0.05) is 43.9 Å². The van der Waals surface area contributed by atoms with Crippen LogP contribution in [-0.4, -0.2) is 60.3 Å². The van der Waals surface area contributed by atoms with Crippen LogP contribution in [0.1, 0.15) is 12.6 Å². The van der Waals surface area contributed by atoms with Crippen molar-refractivity contribution in [2.24, 2.45) is 5.92 Å². The van der Waals surface area contributed by atoms with Crippen LogP contribution in [0.4, 0.5) is 17.5 Å². The molecule has 2 aromatic rings. The number of nitrogens with one attached hydrogen (secondary N) is 2. The predicted molar refractivity (Wildman–Crippen MR) is 101 cm³/mol. The van der Waals surface area contributed by atoms with Gasteiger partial charge in [0.1, 0.15) is 5.82 Å². The molecular formula is C18H26N6O2. The van der Waals surface area contributed by atoms with Gasteiger partial charge in [0.15, 0.2) is 5.75 Å². The van der Waals surface area contributed by atoms with E-state index in [0.29, 0.717) is 30.1 Å². The average molecular weight is 358 g/mol. The lowest BCUT2D eigenvalue weighted by Crippen LogP contribution is -2.48. The maximum atomic E-state index is 5.96. The van der Waals surface area contributed by atoms with E-state index in [4.69, 9.17) is 9.47 Å². The van der Waals surface area contributed by atoms with Gasteiger partial charge in [-0.1, -0.05) is 6.92 Å². The van der Waals surface area contributed by atoms with Crippen molar-refractivity contribution in [3.05, 3.63) is 24.0 Å². The Morgan fingerprint density at radius 2 is 2.08 bits per heavy atom. The summed E-state index contributed by atoms with van der Waals surface area (Å²) in [6, 6.07) is 3.75. The molecule has 8 heteroatoms. The van der Waals surface area contributed by atoms with Crippen LogP contribution in [-0.2, 0) is 0 Å². The van der Waals surface area contributed by atoms with Crippen molar-refractivity contribution < 1.29 is 9.47 Å². The van der Waals surface area contributed by atoms with Crippen molar-refractivity contribution >= 4 is 17.5 Å². The van der Waals surface area contributed by atoms with Gasteiger partial charge in [0.25, 0.3) is 5.88 Å². The summed E-state index contributed by atoms with van der Waals surface area (Å²) >= 11 is 0. The molecule has 0 spiro atoms. The normalized spacial score (nSPS) is 14.6. The Morgan fingerprint density at radius 1 is 1.27 bits per heavy atom. The van der Waals surface area contributed by atoms with Crippen LogP contribution in [0, 0.1) is 12.8 Å². The number of nitrogens with zero attached hydrogens (tertiary/aromatic N) is 4. The zero-order valence-corrected chi connectivity index (χ0v) is 15.7. The predicted octanol–water partition coefficient (Wildman–Crippen LogP) is 2.30. The van der Waals surface area contributed by atoms with E-state index in [1.165, 1.54) is 0 Å². The third-order valence-corrected chi connectivity index (χ3v) is 4.33. The minimum Gasteiger partial charge on any atom is -0.488 e. The summed E-state index contributed by atoms with van der Waals surface area (Å²) in [6.07, 6.45) is 1.68. The zero-order valence-electron chi connectivity index (χ0n) is 15.7. The average Bonchev–Trinajstić information content (AvgIpc) is 2.60. The molecule has 8 nitrogen and oxygen atoms in total. The van der Waals surface area contributed by atoms with Crippen LogP contribution in [0.5, 0.6) is 11.6 Å². The molecule has 0 unspecified atom stereocenters. The highest BCUT2D eigenvalue weighted by Gasteiger charge is 2.26. The molecule has 2 N–H and O–H groups in total. The Balaban J connectivity index is 1.69. The van der Waals surface area contributed by atoms with Gasteiger partial charge < -0.3 is 25.0 Å². The first-order valence-corrected chi connectivity index (χ1v) is 8.81. The Hall–Kier alpha value is -2.61. The van der Waals surface area contributed by atoms with E-state index >= 15 is 0 Å². The van der Waals surface area contributed by atoms with Gasteiger partial charge in [-0.2, -0.15) is 4.98 Å². The molecule has 0 amide bonds. The third kappa shape index (κ3) is 4.32. The highest BCUT2D eigenvalue weighted by atomic mass is 16.5. The number of rotatable bonds is 8. The number of ether oxygens (including phenoxy) is 2. The summed E-state index contributed by atoms with van der Waals surface area (Å²) in [6.45, 7) is 8.00. The molecule has 0 radical (unpaired) electrons. The zero-order chi connectivity index (χ0) is 18.5. The summed E-state index contributed by atoms with van der Waals surface area (Å²) in [7, 11) is 3.42. The molecule has 1 aliphatic heterocycles. The Morgan fingerprint density at radius 3 is 2.77 bits per heavy atom. The molecule has 0 aliphatic carbocycles. The molecule has 140 valence electrons. The fraction of sp³-hybridized carbons (Fsp3) is 0.500. The lowest BCUT2D eigenvalue weighted by atomic mass is 10.0. The standard InChI is InChI=1S/C18H26N6O2/c1-5-24-9-13(10-24)11-26-15-7-14(8-20-17(15)25-4)22-18-21-12(2)6-16(19-3)23-18/h6-8,13H,5,9-11H2,1-4H3,(H2,19,21,22,23). The van der Waals surface area contributed by atoms with Gasteiger partial charge in [0.2, 0.25) is 5.95 Å². The molecule has 2 aromatic heterocycles. The van der Waals surface area contributed by atoms with Crippen molar-refractivity contribution in [3.8, 4) is 11.6 Å². The lowest BCUT2D eigenvalue weighted by molar-refractivity contribution is 0.0659. The van der Waals surface area contributed by atoms with Gasteiger partial charge in [0.05, 0.1) is 25.6 Å². The number of pyridine rings is 1. The Labute approximate surface area is 154 Å². The number of anilines is 3. The van der Waals surface area contributed by atoms with E-state index < -0.39 is 0 Å². The van der Waals surface area contributed by atoms with Crippen molar-refractivity contribution in [2.45, 2.75) is 13.8 Å². The van der Waals surface area contributed by atoms with Crippen LogP contribution in [0.15, 0.2) is 18.3 Å². The number of hydrogen-bond acceptors (Lipinski definition) is 8. The largest absolute Gasteiger partial charge is 0.488 e. The Bertz CT molecular complexity index is 748. The van der Waals surface area contributed by atoms with E-state index in [2.05, 4.69) is 37.4 Å². The molecule has 0 bridgehead atoms. The highest BCUT2D eigenvalue weighted by Crippen LogP contribution is 2.29. The van der Waals surface area contributed by atoms with Gasteiger partial charge in [-0.05, 0) is 13.5 Å². The van der Waals surface area contributed by atoms with E-state index in [-0.39, 0.29) is 0 Å². The third-order valence-electron chi connectivity index (χ3n) is 4.33. The molecule has 26 heavy (non-hydrogen) atoms. The second-order valence-electron chi connectivity index (χ2n) is 6.35. The van der Waals surface area contributed by atoms with E-state index in [1.807, 2.05) is 26.1 Å². The van der Waals surface area contributed by atoms with Crippen LogP contribution < -0.4 is 20.1 Å². The smallest absolute Gasteiger partial charge is 0.256 e. The number of methoxy groups -OCH3 is 1. The van der Waals surface area contributed by atoms with Gasteiger partial charge in [-0.15, -0.1) is 0 Å². The summed E-state index contributed by atoms with van der Waals surface area (Å²) in [4.78, 5) is 15.5. The van der Waals surface area contributed by atoms with Crippen molar-refractivity contribution in [1.82, 2.24) is 19.9 Å². The van der Waals surface area contributed by atoms with E-state index in [1.54, 1.807) is 13.3 Å². The molecular weight excluding hydrogens is 332 g/mol. The van der Waals surface area contributed by atoms with Gasteiger partial charge in [-0.25, -0.2) is 9.97 Å². The number of hydrogen-bond donors (Lipinski definition) is 2. The second-order valence-corrected chi connectivity index (χ2v) is 6.35. The molecule has 1 saturated heterocycles. The topological polar surface area (TPSA) is 84.4 Å². The fourth-order valence-corrected chi connectivity index (χ4v) is 2.89. The molecule has 3 rings (SSSR count). The number of aryl methyl sites for hydroxylation is 1. The first-order valence-electron chi connectivity index (χ1n) is 8.81.